The standard InChI is InChI=1S/C23H26N6/c1-28-12-8-17(9-13-28)19-20-21(25-19)23(29-10-3-2-4-11-29)27-22(26-20)18-7-5-6-16(14-18)15-24/h5-7,14,17H,2-4,8-13H2,1H3. The van der Waals surface area contributed by atoms with Crippen molar-refractivity contribution >= 4 is 17.2 Å². The topological polar surface area (TPSA) is 68.4 Å². The van der Waals surface area contributed by atoms with Crippen LogP contribution in [-0.4, -0.2) is 53.8 Å². The third-order valence-electron chi connectivity index (χ3n) is 6.35. The lowest BCUT2D eigenvalue weighted by Gasteiger charge is -2.35. The maximum absolute atomic E-state index is 9.29. The van der Waals surface area contributed by atoms with Gasteiger partial charge in [-0.1, -0.05) is 12.1 Å². The summed E-state index contributed by atoms with van der Waals surface area (Å²) < 4.78 is 0. The highest BCUT2D eigenvalue weighted by molar-refractivity contribution is 6.14. The molecule has 0 bridgehead atoms. The molecule has 2 aromatic rings. The van der Waals surface area contributed by atoms with Crippen LogP contribution in [0.25, 0.3) is 11.4 Å². The molecule has 0 saturated carbocycles. The van der Waals surface area contributed by atoms with E-state index in [1.165, 1.54) is 19.3 Å². The van der Waals surface area contributed by atoms with Gasteiger partial charge in [-0.25, -0.2) is 15.0 Å². The molecule has 0 radical (unpaired) electrons. The van der Waals surface area contributed by atoms with Gasteiger partial charge in [0.1, 0.15) is 11.4 Å². The molecule has 4 heterocycles. The molecule has 0 aliphatic carbocycles. The van der Waals surface area contributed by atoms with Crippen LogP contribution in [0.15, 0.2) is 29.3 Å². The van der Waals surface area contributed by atoms with Crippen molar-refractivity contribution in [2.75, 3.05) is 38.1 Å². The first-order valence-corrected chi connectivity index (χ1v) is 10.7. The lowest BCUT2D eigenvalue weighted by Crippen LogP contribution is -2.37. The third-order valence-corrected chi connectivity index (χ3v) is 6.35. The average molecular weight is 387 g/mol. The van der Waals surface area contributed by atoms with E-state index in [2.05, 4.69) is 22.9 Å². The Kier molecular flexibility index (Phi) is 4.76. The van der Waals surface area contributed by atoms with Gasteiger partial charge in [0.05, 0.1) is 17.3 Å². The van der Waals surface area contributed by atoms with Crippen LogP contribution in [0.3, 0.4) is 0 Å². The Labute approximate surface area is 171 Å². The molecule has 0 amide bonds. The van der Waals surface area contributed by atoms with Gasteiger partial charge in [-0.2, -0.15) is 5.26 Å². The molecule has 0 atom stereocenters. The maximum Gasteiger partial charge on any atom is 0.162 e. The highest BCUT2D eigenvalue weighted by atomic mass is 15.2. The van der Waals surface area contributed by atoms with Crippen LogP contribution in [0.4, 0.5) is 11.5 Å². The van der Waals surface area contributed by atoms with Crippen molar-refractivity contribution in [3.8, 4) is 17.5 Å². The number of hydrogen-bond donors (Lipinski definition) is 0. The van der Waals surface area contributed by atoms with Gasteiger partial charge in [0.15, 0.2) is 11.6 Å². The second-order valence-electron chi connectivity index (χ2n) is 8.38. The van der Waals surface area contributed by atoms with Crippen LogP contribution >= 0.6 is 0 Å². The van der Waals surface area contributed by atoms with Crippen molar-refractivity contribution in [3.05, 3.63) is 35.5 Å². The van der Waals surface area contributed by atoms with Gasteiger partial charge < -0.3 is 9.80 Å². The summed E-state index contributed by atoms with van der Waals surface area (Å²) in [7, 11) is 2.18. The second-order valence-corrected chi connectivity index (χ2v) is 8.38. The first-order valence-electron chi connectivity index (χ1n) is 10.7. The van der Waals surface area contributed by atoms with E-state index in [1.807, 2.05) is 24.3 Å². The fourth-order valence-electron chi connectivity index (χ4n) is 4.59. The van der Waals surface area contributed by atoms with E-state index in [-0.39, 0.29) is 0 Å². The number of nitriles is 1. The van der Waals surface area contributed by atoms with Crippen LogP contribution in [0, 0.1) is 17.2 Å². The fourth-order valence-corrected chi connectivity index (χ4v) is 4.59. The number of anilines is 1. The number of aliphatic imine (C=N–C) groups is 1. The summed E-state index contributed by atoms with van der Waals surface area (Å²) >= 11 is 0. The minimum atomic E-state index is 0.487. The number of rotatable bonds is 3. The summed E-state index contributed by atoms with van der Waals surface area (Å²) in [5.74, 6) is 2.17. The molecule has 6 heteroatoms. The molecule has 29 heavy (non-hydrogen) atoms. The molecular weight excluding hydrogens is 360 g/mol. The first kappa shape index (κ1) is 18.3. The second kappa shape index (κ2) is 7.57. The van der Waals surface area contributed by atoms with E-state index < -0.39 is 0 Å². The summed E-state index contributed by atoms with van der Waals surface area (Å²) in [6.07, 6.45) is 5.95. The minimum Gasteiger partial charge on any atom is -0.355 e. The summed E-state index contributed by atoms with van der Waals surface area (Å²) in [5.41, 5.74) is 4.71. The van der Waals surface area contributed by atoms with Crippen molar-refractivity contribution in [1.82, 2.24) is 14.9 Å². The van der Waals surface area contributed by atoms with Crippen molar-refractivity contribution in [3.63, 3.8) is 0 Å². The van der Waals surface area contributed by atoms with E-state index in [0.717, 1.165) is 67.5 Å². The molecular formula is C23H26N6. The first-order chi connectivity index (χ1) is 14.2. The molecule has 2 fully saturated rings. The zero-order valence-corrected chi connectivity index (χ0v) is 16.9. The molecule has 5 rings (SSSR count). The number of nitrogens with zero attached hydrogens (tertiary/aromatic N) is 6. The minimum absolute atomic E-state index is 0.487. The number of hydrogen-bond acceptors (Lipinski definition) is 6. The molecule has 3 aliphatic rings. The third kappa shape index (κ3) is 3.40. The molecule has 1 aromatic carbocycles. The van der Waals surface area contributed by atoms with Crippen molar-refractivity contribution < 1.29 is 0 Å². The van der Waals surface area contributed by atoms with E-state index in [1.54, 1.807) is 0 Å². The maximum atomic E-state index is 9.29. The summed E-state index contributed by atoms with van der Waals surface area (Å²) in [5, 5.41) is 9.29. The lowest BCUT2D eigenvalue weighted by atomic mass is 9.87. The Hall–Kier alpha value is -2.78. The van der Waals surface area contributed by atoms with Crippen molar-refractivity contribution in [2.24, 2.45) is 10.9 Å². The number of fused-ring (bicyclic) bond motifs is 1. The molecule has 148 valence electrons. The zero-order chi connectivity index (χ0) is 19.8. The average Bonchev–Trinajstić information content (AvgIpc) is 2.76. The van der Waals surface area contributed by atoms with Gasteiger partial charge in [-0.3, -0.25) is 0 Å². The SMILES string of the molecule is CN1CCC(C2=Nc3c2nc(-c2cccc(C#N)c2)nc3N2CCCCC2)CC1. The zero-order valence-electron chi connectivity index (χ0n) is 16.9. The Bertz CT molecular complexity index is 991. The summed E-state index contributed by atoms with van der Waals surface area (Å²) in [4.78, 5) is 19.6. The van der Waals surface area contributed by atoms with Crippen LogP contribution in [0.2, 0.25) is 0 Å². The predicted octanol–water partition coefficient (Wildman–Crippen LogP) is 3.78. The van der Waals surface area contributed by atoms with Crippen LogP contribution in [0.5, 0.6) is 0 Å². The lowest BCUT2D eigenvalue weighted by molar-refractivity contribution is 0.252. The van der Waals surface area contributed by atoms with E-state index in [4.69, 9.17) is 15.0 Å². The van der Waals surface area contributed by atoms with E-state index in [0.29, 0.717) is 17.3 Å². The molecule has 1 aromatic heterocycles. The molecule has 0 unspecified atom stereocenters. The van der Waals surface area contributed by atoms with Gasteiger partial charge >= 0.3 is 0 Å². The Morgan fingerprint density at radius 3 is 2.59 bits per heavy atom. The number of benzene rings is 1. The number of piperidine rings is 2. The smallest absolute Gasteiger partial charge is 0.162 e. The summed E-state index contributed by atoms with van der Waals surface area (Å²) in [6.45, 7) is 4.28. The molecule has 2 saturated heterocycles. The van der Waals surface area contributed by atoms with Crippen LogP contribution in [-0.2, 0) is 0 Å². The van der Waals surface area contributed by atoms with Crippen LogP contribution < -0.4 is 4.90 Å². The summed E-state index contributed by atoms with van der Waals surface area (Å²) in [6, 6.07) is 9.83. The van der Waals surface area contributed by atoms with Gasteiger partial charge in [0.25, 0.3) is 0 Å². The van der Waals surface area contributed by atoms with Gasteiger partial charge in [0.2, 0.25) is 0 Å². The van der Waals surface area contributed by atoms with Crippen molar-refractivity contribution in [2.45, 2.75) is 32.1 Å². The Balaban J connectivity index is 1.55. The molecule has 0 N–H and O–H groups in total. The largest absolute Gasteiger partial charge is 0.355 e. The number of aromatic nitrogens is 2. The fraction of sp³-hybridized carbons (Fsp3) is 0.478. The van der Waals surface area contributed by atoms with Gasteiger partial charge in [0, 0.05) is 24.6 Å². The van der Waals surface area contributed by atoms with E-state index in [9.17, 15) is 5.26 Å². The number of likely N-dealkylation sites (tertiary alicyclic amines) is 1. The van der Waals surface area contributed by atoms with Crippen LogP contribution in [0.1, 0.15) is 43.4 Å². The molecule has 0 spiro atoms. The van der Waals surface area contributed by atoms with E-state index >= 15 is 0 Å². The molecule has 6 nitrogen and oxygen atoms in total. The predicted molar refractivity (Wildman–Crippen MR) is 115 cm³/mol. The van der Waals surface area contributed by atoms with Crippen molar-refractivity contribution in [1.29, 1.82) is 5.26 Å². The highest BCUT2D eigenvalue weighted by Crippen LogP contribution is 2.42. The normalized spacial score (nSPS) is 19.9. The Morgan fingerprint density at radius 2 is 1.83 bits per heavy atom. The monoisotopic (exact) mass is 386 g/mol. The quantitative estimate of drug-likeness (QED) is 0.803. The Morgan fingerprint density at radius 1 is 1.03 bits per heavy atom. The van der Waals surface area contributed by atoms with Gasteiger partial charge in [-0.05, 0) is 64.4 Å². The van der Waals surface area contributed by atoms with Gasteiger partial charge in [-0.15, -0.1) is 0 Å². The molecule has 3 aliphatic heterocycles. The highest BCUT2D eigenvalue weighted by Gasteiger charge is 2.35.